The van der Waals surface area contributed by atoms with Crippen LogP contribution in [0.15, 0.2) is 43.8 Å². The van der Waals surface area contributed by atoms with Crippen molar-refractivity contribution in [3.05, 3.63) is 43.8 Å². The van der Waals surface area contributed by atoms with Crippen molar-refractivity contribution in [3.8, 4) is 0 Å². The molecular formula is C14H18Cl2OSiZr. The summed E-state index contributed by atoms with van der Waals surface area (Å²) in [7, 11) is -0.576. The Hall–Kier alpha value is 0.600. The zero-order valence-electron chi connectivity index (χ0n) is 11.1. The molecule has 0 unspecified atom stereocenters. The van der Waals surface area contributed by atoms with Gasteiger partial charge in [0.05, 0.1) is 9.52 Å². The van der Waals surface area contributed by atoms with Crippen molar-refractivity contribution in [2.24, 2.45) is 0 Å². The molecule has 0 aliphatic heterocycles. The standard InChI is InChI=1S/C14H18Cl2OSi.Zr/c1-9-4-6-11(15)13(9)18-14-10(3-2-8-17)5-7-12(14)16;/h4-5,17H,2-3,6-8,18H2,1H3;. The van der Waals surface area contributed by atoms with Gasteiger partial charge in [0.2, 0.25) is 0 Å². The first-order valence-corrected chi connectivity index (χ1v) is 8.53. The van der Waals surface area contributed by atoms with Gasteiger partial charge in [0, 0.05) is 55.7 Å². The molecule has 0 bridgehead atoms. The van der Waals surface area contributed by atoms with Gasteiger partial charge in [-0.1, -0.05) is 46.5 Å². The summed E-state index contributed by atoms with van der Waals surface area (Å²) in [6.07, 6.45) is 7.90. The molecule has 0 aromatic heterocycles. The van der Waals surface area contributed by atoms with Crippen LogP contribution in [0.1, 0.15) is 32.6 Å². The second kappa shape index (κ2) is 8.14. The van der Waals surface area contributed by atoms with E-state index in [1.807, 2.05) is 0 Å². The first kappa shape index (κ1) is 17.7. The number of rotatable bonds is 5. The minimum atomic E-state index is -0.576. The van der Waals surface area contributed by atoms with Gasteiger partial charge in [-0.3, -0.25) is 0 Å². The number of hydrogen-bond acceptors (Lipinski definition) is 1. The van der Waals surface area contributed by atoms with Crippen LogP contribution >= 0.6 is 23.2 Å². The summed E-state index contributed by atoms with van der Waals surface area (Å²) < 4.78 is 0. The Morgan fingerprint density at radius 2 is 1.79 bits per heavy atom. The third-order valence-corrected chi connectivity index (χ3v) is 7.38. The third-order valence-electron chi connectivity index (χ3n) is 3.59. The van der Waals surface area contributed by atoms with Crippen molar-refractivity contribution in [1.82, 2.24) is 0 Å². The molecule has 0 spiro atoms. The Labute approximate surface area is 146 Å². The Balaban J connectivity index is 0.00000180. The second-order valence-electron chi connectivity index (χ2n) is 4.80. The fraction of sp³-hybridized carbons (Fsp3) is 0.429. The van der Waals surface area contributed by atoms with E-state index in [1.54, 1.807) is 0 Å². The van der Waals surface area contributed by atoms with Gasteiger partial charge in [0.1, 0.15) is 0 Å². The summed E-state index contributed by atoms with van der Waals surface area (Å²) in [5.41, 5.74) is 2.68. The maximum atomic E-state index is 8.94. The molecular weight excluding hydrogens is 374 g/mol. The van der Waals surface area contributed by atoms with Crippen LogP contribution < -0.4 is 0 Å². The van der Waals surface area contributed by atoms with Crippen molar-refractivity contribution in [2.75, 3.05) is 6.61 Å². The zero-order valence-corrected chi connectivity index (χ0v) is 16.5. The van der Waals surface area contributed by atoms with E-state index in [-0.39, 0.29) is 32.8 Å². The molecule has 0 aromatic rings. The molecule has 1 N–H and O–H groups in total. The number of hydrogen-bond donors (Lipinski definition) is 1. The average molecular weight is 393 g/mol. The fourth-order valence-corrected chi connectivity index (χ4v) is 5.30. The Morgan fingerprint density at radius 3 is 2.37 bits per heavy atom. The van der Waals surface area contributed by atoms with Gasteiger partial charge >= 0.3 is 0 Å². The van der Waals surface area contributed by atoms with Gasteiger partial charge in [-0.25, -0.2) is 0 Å². The van der Waals surface area contributed by atoms with Crippen LogP contribution in [0.3, 0.4) is 0 Å². The number of aliphatic hydroxyl groups is 1. The van der Waals surface area contributed by atoms with E-state index < -0.39 is 9.52 Å². The maximum Gasteiger partial charge on any atom is 0.0912 e. The number of aliphatic hydroxyl groups excluding tert-OH is 1. The number of halogens is 2. The van der Waals surface area contributed by atoms with E-state index in [0.717, 1.165) is 35.7 Å². The van der Waals surface area contributed by atoms with E-state index in [0.29, 0.717) is 0 Å². The summed E-state index contributed by atoms with van der Waals surface area (Å²) in [6.45, 7) is 2.38. The first-order valence-electron chi connectivity index (χ1n) is 6.36. The van der Waals surface area contributed by atoms with Gasteiger partial charge in [-0.15, -0.1) is 0 Å². The molecule has 102 valence electrons. The van der Waals surface area contributed by atoms with Crippen LogP contribution in [0.2, 0.25) is 0 Å². The first-order chi connectivity index (χ1) is 8.63. The second-order valence-corrected chi connectivity index (χ2v) is 7.48. The Morgan fingerprint density at radius 1 is 1.16 bits per heavy atom. The minimum absolute atomic E-state index is 0. The zero-order chi connectivity index (χ0) is 13.1. The van der Waals surface area contributed by atoms with Gasteiger partial charge < -0.3 is 5.11 Å². The Bertz CT molecular complexity index is 478. The predicted octanol–water partition coefficient (Wildman–Crippen LogP) is 3.51. The van der Waals surface area contributed by atoms with Crippen LogP contribution in [0, 0.1) is 0 Å². The minimum Gasteiger partial charge on any atom is -0.396 e. The molecule has 5 heteroatoms. The summed E-state index contributed by atoms with van der Waals surface area (Å²) in [6, 6.07) is 0. The van der Waals surface area contributed by atoms with Gasteiger partial charge in [-0.2, -0.15) is 0 Å². The van der Waals surface area contributed by atoms with Crippen molar-refractivity contribution >= 4 is 32.7 Å². The molecule has 0 amide bonds. The summed E-state index contributed by atoms with van der Waals surface area (Å²) in [4.78, 5) is 0. The van der Waals surface area contributed by atoms with E-state index in [2.05, 4.69) is 19.1 Å². The van der Waals surface area contributed by atoms with Gasteiger partial charge in [0.15, 0.2) is 0 Å². The van der Waals surface area contributed by atoms with Crippen molar-refractivity contribution in [1.29, 1.82) is 0 Å². The fourth-order valence-electron chi connectivity index (χ4n) is 2.48. The van der Waals surface area contributed by atoms with E-state index >= 15 is 0 Å². The molecule has 0 saturated carbocycles. The number of allylic oxidation sites excluding steroid dienone is 8. The summed E-state index contributed by atoms with van der Waals surface area (Å²) in [5.74, 6) is 0. The normalized spacial score (nSPS) is 19.4. The molecule has 0 aromatic carbocycles. The van der Waals surface area contributed by atoms with Crippen LogP contribution in [0.25, 0.3) is 0 Å². The van der Waals surface area contributed by atoms with Gasteiger partial charge in [-0.05, 0) is 30.2 Å². The molecule has 0 fully saturated rings. The largest absolute Gasteiger partial charge is 0.396 e. The molecule has 2 rings (SSSR count). The monoisotopic (exact) mass is 390 g/mol. The van der Waals surface area contributed by atoms with Crippen LogP contribution in [-0.2, 0) is 26.2 Å². The van der Waals surface area contributed by atoms with Crippen LogP contribution in [0.5, 0.6) is 0 Å². The average Bonchev–Trinajstić information content (AvgIpc) is 2.85. The van der Waals surface area contributed by atoms with Crippen molar-refractivity contribution in [3.63, 3.8) is 0 Å². The van der Waals surface area contributed by atoms with E-state index in [4.69, 9.17) is 28.3 Å². The molecule has 0 heterocycles. The van der Waals surface area contributed by atoms with E-state index in [1.165, 1.54) is 21.5 Å². The summed E-state index contributed by atoms with van der Waals surface area (Å²) in [5, 5.41) is 13.7. The maximum absolute atomic E-state index is 8.94. The van der Waals surface area contributed by atoms with Crippen molar-refractivity contribution in [2.45, 2.75) is 32.6 Å². The Kier molecular flexibility index (Phi) is 7.56. The molecule has 2 aliphatic rings. The molecule has 0 saturated heterocycles. The van der Waals surface area contributed by atoms with Crippen molar-refractivity contribution < 1.29 is 31.3 Å². The van der Waals surface area contributed by atoms with Gasteiger partial charge in [0.25, 0.3) is 0 Å². The quantitative estimate of drug-likeness (QED) is 0.710. The molecule has 0 radical (unpaired) electrons. The third kappa shape index (κ3) is 4.28. The molecule has 19 heavy (non-hydrogen) atoms. The summed E-state index contributed by atoms with van der Waals surface area (Å²) >= 11 is 12.6. The van der Waals surface area contributed by atoms with Crippen LogP contribution in [-0.4, -0.2) is 21.2 Å². The molecule has 2 aliphatic carbocycles. The molecule has 0 atom stereocenters. The predicted molar refractivity (Wildman–Crippen MR) is 81.7 cm³/mol. The SMILES string of the molecule is CC1=CCC(Cl)=C1[SiH2]C1=C(Cl)CC=C1CCCO.[Zr]. The topological polar surface area (TPSA) is 20.2 Å². The smallest absolute Gasteiger partial charge is 0.0912 e. The van der Waals surface area contributed by atoms with E-state index in [9.17, 15) is 0 Å². The molecule has 1 nitrogen and oxygen atoms in total. The van der Waals surface area contributed by atoms with Crippen LogP contribution in [0.4, 0.5) is 0 Å².